The first-order chi connectivity index (χ1) is 17.9. The SMILES string of the molecule is CCOC(=O)N1c2ccc(C(F)(F)F)cc2[C@H]([C@H](C(=O)O)c2cc(C(F)(F)F)cc(C(F)(F)F)c2)C[C@H]1CC. The summed E-state index contributed by atoms with van der Waals surface area (Å²) < 4.78 is 127. The summed E-state index contributed by atoms with van der Waals surface area (Å²) in [6.45, 7) is 2.95. The quantitative estimate of drug-likeness (QED) is 0.372. The highest BCUT2D eigenvalue weighted by atomic mass is 19.4. The number of aliphatic carboxylic acids is 1. The van der Waals surface area contributed by atoms with Gasteiger partial charge in [0.1, 0.15) is 0 Å². The van der Waals surface area contributed by atoms with Crippen molar-refractivity contribution in [3.05, 3.63) is 64.2 Å². The monoisotopic (exact) mass is 571 g/mol. The second kappa shape index (κ2) is 10.6. The molecule has 2 aromatic rings. The molecule has 1 heterocycles. The summed E-state index contributed by atoms with van der Waals surface area (Å²) in [5, 5.41) is 10.0. The van der Waals surface area contributed by atoms with Crippen LogP contribution in [0.1, 0.15) is 66.3 Å². The molecule has 14 heteroatoms. The lowest BCUT2D eigenvalue weighted by atomic mass is 9.73. The van der Waals surface area contributed by atoms with Gasteiger partial charge in [-0.3, -0.25) is 9.69 Å². The van der Waals surface area contributed by atoms with E-state index in [1.165, 1.54) is 6.92 Å². The average Bonchev–Trinajstić information content (AvgIpc) is 2.81. The van der Waals surface area contributed by atoms with Crippen LogP contribution >= 0.6 is 0 Å². The van der Waals surface area contributed by atoms with Gasteiger partial charge in [-0.1, -0.05) is 6.92 Å². The van der Waals surface area contributed by atoms with Crippen LogP contribution in [0.25, 0.3) is 0 Å². The number of carboxylic acids is 1. The molecule has 3 atom stereocenters. The fourth-order valence-corrected chi connectivity index (χ4v) is 4.78. The van der Waals surface area contributed by atoms with Gasteiger partial charge in [-0.15, -0.1) is 0 Å². The lowest BCUT2D eigenvalue weighted by Crippen LogP contribution is -2.46. The maximum Gasteiger partial charge on any atom is 0.416 e. The Bertz CT molecular complexity index is 1210. The molecular formula is C25H22F9NO4. The zero-order valence-corrected chi connectivity index (χ0v) is 20.3. The minimum absolute atomic E-state index is 0.104. The number of rotatable bonds is 5. The van der Waals surface area contributed by atoms with E-state index < -0.39 is 70.7 Å². The number of fused-ring (bicyclic) bond motifs is 1. The van der Waals surface area contributed by atoms with Gasteiger partial charge in [0.15, 0.2) is 0 Å². The van der Waals surface area contributed by atoms with Crippen LogP contribution in [0.4, 0.5) is 50.0 Å². The minimum atomic E-state index is -5.28. The maximum atomic E-state index is 13.6. The predicted octanol–water partition coefficient (Wildman–Crippen LogP) is 7.84. The van der Waals surface area contributed by atoms with Crippen LogP contribution in [-0.2, 0) is 28.1 Å². The summed E-state index contributed by atoms with van der Waals surface area (Å²) in [5.74, 6) is -5.50. The van der Waals surface area contributed by atoms with Gasteiger partial charge < -0.3 is 9.84 Å². The molecule has 0 radical (unpaired) electrons. The summed E-state index contributed by atoms with van der Waals surface area (Å²) in [4.78, 5) is 26.2. The Morgan fingerprint density at radius 2 is 1.44 bits per heavy atom. The third-order valence-electron chi connectivity index (χ3n) is 6.48. The third kappa shape index (κ3) is 6.25. The predicted molar refractivity (Wildman–Crippen MR) is 119 cm³/mol. The van der Waals surface area contributed by atoms with Crippen LogP contribution in [0.5, 0.6) is 0 Å². The molecule has 0 aliphatic carbocycles. The molecule has 2 aromatic carbocycles. The van der Waals surface area contributed by atoms with Crippen molar-refractivity contribution < 1.29 is 58.9 Å². The van der Waals surface area contributed by atoms with Gasteiger partial charge in [-0.2, -0.15) is 39.5 Å². The standard InChI is InChI=1S/C25H22F9NO4/c1-3-16-11-18(17-10-13(23(26,27)28)5-6-19(17)35(16)22(38)39-4-2)20(21(36)37)12-7-14(24(29,30)31)9-15(8-12)25(32,33)34/h5-10,16,18,20H,3-4,11H2,1-2H3,(H,36,37)/t16-,18-,20-/m1/s1. The number of anilines is 1. The molecule has 3 rings (SSSR count). The summed E-state index contributed by atoms with van der Waals surface area (Å²) in [5.41, 5.74) is -6.22. The summed E-state index contributed by atoms with van der Waals surface area (Å²) in [6, 6.07) is 1.56. The van der Waals surface area contributed by atoms with Crippen LogP contribution < -0.4 is 4.90 Å². The largest absolute Gasteiger partial charge is 0.481 e. The molecule has 0 unspecified atom stereocenters. The Morgan fingerprint density at radius 3 is 1.87 bits per heavy atom. The molecule has 39 heavy (non-hydrogen) atoms. The topological polar surface area (TPSA) is 66.8 Å². The zero-order chi connectivity index (χ0) is 29.5. The second-order valence-electron chi connectivity index (χ2n) is 8.90. The molecule has 1 aliphatic heterocycles. The van der Waals surface area contributed by atoms with E-state index in [1.54, 1.807) is 6.92 Å². The first-order valence-corrected chi connectivity index (χ1v) is 11.6. The number of carbonyl (C=O) groups is 2. The lowest BCUT2D eigenvalue weighted by Gasteiger charge is -2.42. The highest BCUT2D eigenvalue weighted by Gasteiger charge is 2.45. The minimum Gasteiger partial charge on any atom is -0.481 e. The number of halogens is 9. The first kappa shape index (κ1) is 30.1. The van der Waals surface area contributed by atoms with Crippen LogP contribution in [0, 0.1) is 0 Å². The summed E-state index contributed by atoms with van der Waals surface area (Å²) in [7, 11) is 0. The Hall–Kier alpha value is -3.45. The van der Waals surface area contributed by atoms with Crippen LogP contribution in [0.15, 0.2) is 36.4 Å². The Kier molecular flexibility index (Phi) is 8.19. The molecule has 0 aromatic heterocycles. The van der Waals surface area contributed by atoms with Gasteiger partial charge in [-0.25, -0.2) is 4.79 Å². The van der Waals surface area contributed by atoms with Gasteiger partial charge in [0.25, 0.3) is 0 Å². The van der Waals surface area contributed by atoms with Crippen molar-refractivity contribution in [2.45, 2.75) is 63.1 Å². The lowest BCUT2D eigenvalue weighted by molar-refractivity contribution is -0.144. The molecule has 0 saturated carbocycles. The van der Waals surface area contributed by atoms with E-state index in [0.29, 0.717) is 12.1 Å². The number of carbonyl (C=O) groups excluding carboxylic acids is 1. The number of carboxylic acid groups (broad SMARTS) is 1. The smallest absolute Gasteiger partial charge is 0.416 e. The summed E-state index contributed by atoms with van der Waals surface area (Å²) >= 11 is 0. The second-order valence-corrected chi connectivity index (χ2v) is 8.90. The average molecular weight is 571 g/mol. The number of amides is 1. The number of hydrogen-bond acceptors (Lipinski definition) is 3. The van der Waals surface area contributed by atoms with E-state index >= 15 is 0 Å². The van der Waals surface area contributed by atoms with E-state index in [9.17, 15) is 54.2 Å². The van der Waals surface area contributed by atoms with E-state index in [0.717, 1.165) is 11.0 Å². The van der Waals surface area contributed by atoms with Crippen LogP contribution in [-0.4, -0.2) is 29.8 Å². The van der Waals surface area contributed by atoms with Crippen LogP contribution in [0.3, 0.4) is 0 Å². The molecule has 214 valence electrons. The molecule has 1 aliphatic rings. The molecule has 5 nitrogen and oxygen atoms in total. The number of nitrogens with zero attached hydrogens (tertiary/aromatic N) is 1. The van der Waals surface area contributed by atoms with E-state index in [4.69, 9.17) is 4.74 Å². The fraction of sp³-hybridized carbons (Fsp3) is 0.440. The molecule has 0 saturated heterocycles. The van der Waals surface area contributed by atoms with E-state index in [2.05, 4.69) is 0 Å². The van der Waals surface area contributed by atoms with Crippen molar-refractivity contribution in [1.29, 1.82) is 0 Å². The maximum absolute atomic E-state index is 13.6. The summed E-state index contributed by atoms with van der Waals surface area (Å²) in [6.07, 6.45) is -16.7. The molecule has 1 amide bonds. The Balaban J connectivity index is 2.33. The van der Waals surface area contributed by atoms with Crippen molar-refractivity contribution >= 4 is 17.7 Å². The number of hydrogen-bond donors (Lipinski definition) is 1. The van der Waals surface area contributed by atoms with Crippen molar-refractivity contribution in [2.75, 3.05) is 11.5 Å². The number of benzene rings is 2. The fourth-order valence-electron chi connectivity index (χ4n) is 4.78. The van der Waals surface area contributed by atoms with E-state index in [1.807, 2.05) is 0 Å². The number of alkyl halides is 9. The molecule has 0 bridgehead atoms. The van der Waals surface area contributed by atoms with Gasteiger partial charge in [0.05, 0.1) is 34.9 Å². The van der Waals surface area contributed by atoms with Gasteiger partial charge in [0, 0.05) is 12.0 Å². The molecule has 1 N–H and O–H groups in total. The Labute approximate surface area is 216 Å². The van der Waals surface area contributed by atoms with Crippen molar-refractivity contribution in [2.24, 2.45) is 0 Å². The number of ether oxygens (including phenoxy) is 1. The first-order valence-electron chi connectivity index (χ1n) is 11.6. The van der Waals surface area contributed by atoms with Crippen LogP contribution in [0.2, 0.25) is 0 Å². The van der Waals surface area contributed by atoms with Crippen molar-refractivity contribution in [1.82, 2.24) is 0 Å². The van der Waals surface area contributed by atoms with Crippen molar-refractivity contribution in [3.63, 3.8) is 0 Å². The zero-order valence-electron chi connectivity index (χ0n) is 20.3. The van der Waals surface area contributed by atoms with Gasteiger partial charge >= 0.3 is 30.6 Å². The highest BCUT2D eigenvalue weighted by Crippen LogP contribution is 2.49. The molecule has 0 fully saturated rings. The molecular weight excluding hydrogens is 549 g/mol. The normalized spacial score (nSPS) is 18.9. The van der Waals surface area contributed by atoms with Gasteiger partial charge in [-0.05, 0) is 67.3 Å². The van der Waals surface area contributed by atoms with E-state index in [-0.39, 0.29) is 48.9 Å². The third-order valence-corrected chi connectivity index (χ3v) is 6.48. The highest BCUT2D eigenvalue weighted by molar-refractivity contribution is 5.91. The van der Waals surface area contributed by atoms with Crippen molar-refractivity contribution in [3.8, 4) is 0 Å². The molecule has 0 spiro atoms. The van der Waals surface area contributed by atoms with Gasteiger partial charge in [0.2, 0.25) is 0 Å². The Morgan fingerprint density at radius 1 is 0.897 bits per heavy atom.